The van der Waals surface area contributed by atoms with Crippen molar-refractivity contribution in [1.82, 2.24) is 0 Å². The molecule has 1 atom stereocenters. The lowest BCUT2D eigenvalue weighted by Gasteiger charge is -2.26. The fraction of sp³-hybridized carbons (Fsp3) is 0.316. The first-order valence-corrected chi connectivity index (χ1v) is 7.79. The standard InChI is InChI=1S/C19H20O6/c1-21-14-6-5-11(7-16(14)22-2)15-8-12-9-17(23-3)18(24-4)10-13(12)19(20)25-15/h5-7,9-10,15H,8H2,1-4H3. The summed E-state index contributed by atoms with van der Waals surface area (Å²) >= 11 is 0. The Morgan fingerprint density at radius 3 is 2.08 bits per heavy atom. The summed E-state index contributed by atoms with van der Waals surface area (Å²) in [6.45, 7) is 0. The van der Waals surface area contributed by atoms with Gasteiger partial charge >= 0.3 is 5.97 Å². The van der Waals surface area contributed by atoms with Crippen molar-refractivity contribution in [2.45, 2.75) is 12.5 Å². The van der Waals surface area contributed by atoms with Crippen LogP contribution < -0.4 is 18.9 Å². The second kappa shape index (κ2) is 6.93. The summed E-state index contributed by atoms with van der Waals surface area (Å²) in [6.07, 6.45) is 0.134. The van der Waals surface area contributed by atoms with Gasteiger partial charge in [0, 0.05) is 6.42 Å². The van der Waals surface area contributed by atoms with Crippen molar-refractivity contribution in [2.75, 3.05) is 28.4 Å². The Balaban J connectivity index is 1.97. The maximum Gasteiger partial charge on any atom is 0.339 e. The maximum atomic E-state index is 12.4. The highest BCUT2D eigenvalue weighted by atomic mass is 16.5. The van der Waals surface area contributed by atoms with Crippen molar-refractivity contribution < 1.29 is 28.5 Å². The number of fused-ring (bicyclic) bond motifs is 1. The van der Waals surface area contributed by atoms with Crippen LogP contribution in [0, 0.1) is 0 Å². The van der Waals surface area contributed by atoms with E-state index < -0.39 is 6.10 Å². The van der Waals surface area contributed by atoms with Gasteiger partial charge in [-0.2, -0.15) is 0 Å². The highest BCUT2D eigenvalue weighted by Crippen LogP contribution is 2.39. The van der Waals surface area contributed by atoms with Crippen LogP contribution >= 0.6 is 0 Å². The zero-order valence-electron chi connectivity index (χ0n) is 14.6. The second-order valence-electron chi connectivity index (χ2n) is 5.58. The highest BCUT2D eigenvalue weighted by molar-refractivity contribution is 5.93. The number of hydrogen-bond donors (Lipinski definition) is 0. The van der Waals surface area contributed by atoms with Crippen LogP contribution in [-0.4, -0.2) is 34.4 Å². The summed E-state index contributed by atoms with van der Waals surface area (Å²) in [5, 5.41) is 0. The van der Waals surface area contributed by atoms with Gasteiger partial charge in [0.1, 0.15) is 6.10 Å². The normalized spacial score (nSPS) is 15.8. The SMILES string of the molecule is COc1ccc(C2Cc3cc(OC)c(OC)cc3C(=O)O2)cc1OC. The van der Waals surface area contributed by atoms with Crippen molar-refractivity contribution in [1.29, 1.82) is 0 Å². The minimum atomic E-state index is -0.405. The molecule has 1 heterocycles. The number of ether oxygens (including phenoxy) is 5. The number of hydrogen-bond acceptors (Lipinski definition) is 6. The molecule has 0 aliphatic carbocycles. The molecule has 2 aromatic carbocycles. The molecule has 0 spiro atoms. The van der Waals surface area contributed by atoms with Crippen LogP contribution in [0.15, 0.2) is 30.3 Å². The van der Waals surface area contributed by atoms with Crippen molar-refractivity contribution in [3.05, 3.63) is 47.0 Å². The third-order valence-electron chi connectivity index (χ3n) is 4.26. The van der Waals surface area contributed by atoms with Crippen molar-refractivity contribution in [3.63, 3.8) is 0 Å². The van der Waals surface area contributed by atoms with E-state index in [-0.39, 0.29) is 5.97 Å². The summed E-state index contributed by atoms with van der Waals surface area (Å²) in [5.74, 6) is 1.92. The molecule has 0 aromatic heterocycles. The van der Waals surface area contributed by atoms with E-state index >= 15 is 0 Å². The smallest absolute Gasteiger partial charge is 0.339 e. The minimum Gasteiger partial charge on any atom is -0.493 e. The lowest BCUT2D eigenvalue weighted by Crippen LogP contribution is -2.22. The third-order valence-corrected chi connectivity index (χ3v) is 4.26. The van der Waals surface area contributed by atoms with Crippen LogP contribution in [0.4, 0.5) is 0 Å². The molecule has 1 unspecified atom stereocenters. The van der Waals surface area contributed by atoms with E-state index in [9.17, 15) is 4.79 Å². The van der Waals surface area contributed by atoms with Gasteiger partial charge in [-0.3, -0.25) is 0 Å². The van der Waals surface area contributed by atoms with E-state index in [1.54, 1.807) is 33.5 Å². The zero-order chi connectivity index (χ0) is 18.0. The Bertz CT molecular complexity index is 799. The van der Waals surface area contributed by atoms with E-state index in [4.69, 9.17) is 23.7 Å². The van der Waals surface area contributed by atoms with Crippen molar-refractivity contribution >= 4 is 5.97 Å². The predicted octanol–water partition coefficient (Wildman–Crippen LogP) is 3.18. The number of cyclic esters (lactones) is 1. The van der Waals surface area contributed by atoms with Crippen molar-refractivity contribution in [3.8, 4) is 23.0 Å². The summed E-state index contributed by atoms with van der Waals surface area (Å²) in [4.78, 5) is 12.4. The molecule has 0 saturated carbocycles. The Morgan fingerprint density at radius 1 is 0.840 bits per heavy atom. The molecule has 0 amide bonds. The van der Waals surface area contributed by atoms with Crippen LogP contribution in [0.5, 0.6) is 23.0 Å². The van der Waals surface area contributed by atoms with Gasteiger partial charge in [0.2, 0.25) is 0 Å². The summed E-state index contributed by atoms with van der Waals surface area (Å²) < 4.78 is 26.8. The molecule has 1 aliphatic heterocycles. The second-order valence-corrected chi connectivity index (χ2v) is 5.58. The monoisotopic (exact) mass is 344 g/mol. The summed E-state index contributed by atoms with van der Waals surface area (Å²) in [7, 11) is 6.25. The van der Waals surface area contributed by atoms with E-state index in [0.717, 1.165) is 11.1 Å². The first-order valence-electron chi connectivity index (χ1n) is 7.79. The van der Waals surface area contributed by atoms with E-state index in [0.29, 0.717) is 35.0 Å². The molecule has 2 aromatic rings. The Hall–Kier alpha value is -2.89. The molecule has 0 N–H and O–H groups in total. The van der Waals surface area contributed by atoms with Gasteiger partial charge in [-0.15, -0.1) is 0 Å². The van der Waals surface area contributed by atoms with Gasteiger partial charge in [0.05, 0.1) is 34.0 Å². The van der Waals surface area contributed by atoms with Gasteiger partial charge in [0.25, 0.3) is 0 Å². The lowest BCUT2D eigenvalue weighted by atomic mass is 9.94. The number of rotatable bonds is 5. The zero-order valence-corrected chi connectivity index (χ0v) is 14.6. The van der Waals surface area contributed by atoms with Crippen LogP contribution in [0.25, 0.3) is 0 Å². The molecule has 25 heavy (non-hydrogen) atoms. The third kappa shape index (κ3) is 3.07. The lowest BCUT2D eigenvalue weighted by molar-refractivity contribution is 0.0251. The number of methoxy groups -OCH3 is 4. The topological polar surface area (TPSA) is 63.2 Å². The molecule has 0 radical (unpaired) electrons. The van der Waals surface area contributed by atoms with Gasteiger partial charge in [0.15, 0.2) is 23.0 Å². The summed E-state index contributed by atoms with van der Waals surface area (Å²) in [5.41, 5.74) is 2.19. The van der Waals surface area contributed by atoms with Gasteiger partial charge in [-0.25, -0.2) is 4.79 Å². The molecule has 132 valence electrons. The minimum absolute atomic E-state index is 0.387. The van der Waals surface area contributed by atoms with E-state index in [2.05, 4.69) is 0 Å². The van der Waals surface area contributed by atoms with Gasteiger partial charge in [-0.05, 0) is 35.4 Å². The Morgan fingerprint density at radius 2 is 1.44 bits per heavy atom. The molecular weight excluding hydrogens is 324 g/mol. The first-order chi connectivity index (χ1) is 12.1. The average Bonchev–Trinajstić information content (AvgIpc) is 2.66. The molecule has 6 nitrogen and oxygen atoms in total. The van der Waals surface area contributed by atoms with Gasteiger partial charge in [-0.1, -0.05) is 6.07 Å². The van der Waals surface area contributed by atoms with Crippen LogP contribution in [0.3, 0.4) is 0 Å². The number of benzene rings is 2. The molecular formula is C19H20O6. The van der Waals surface area contributed by atoms with E-state index in [1.807, 2.05) is 18.2 Å². The largest absolute Gasteiger partial charge is 0.493 e. The fourth-order valence-corrected chi connectivity index (χ4v) is 2.95. The van der Waals surface area contributed by atoms with Crippen molar-refractivity contribution in [2.24, 2.45) is 0 Å². The van der Waals surface area contributed by atoms with Crippen LogP contribution in [0.1, 0.15) is 27.6 Å². The number of esters is 1. The van der Waals surface area contributed by atoms with Gasteiger partial charge < -0.3 is 23.7 Å². The Kier molecular flexibility index (Phi) is 4.70. The summed E-state index contributed by atoms with van der Waals surface area (Å²) in [6, 6.07) is 8.96. The quantitative estimate of drug-likeness (QED) is 0.777. The van der Waals surface area contributed by atoms with E-state index in [1.165, 1.54) is 7.11 Å². The molecule has 1 aliphatic rings. The number of carbonyl (C=O) groups excluding carboxylic acids is 1. The number of carbonyl (C=O) groups is 1. The fourth-order valence-electron chi connectivity index (χ4n) is 2.95. The molecule has 0 fully saturated rings. The molecule has 0 bridgehead atoms. The first kappa shape index (κ1) is 17.0. The van der Waals surface area contributed by atoms with Crippen LogP contribution in [0.2, 0.25) is 0 Å². The average molecular weight is 344 g/mol. The maximum absolute atomic E-state index is 12.4. The van der Waals surface area contributed by atoms with Crippen LogP contribution in [-0.2, 0) is 11.2 Å². The molecule has 3 rings (SSSR count). The molecule has 0 saturated heterocycles. The highest BCUT2D eigenvalue weighted by Gasteiger charge is 2.30. The Labute approximate surface area is 146 Å². The predicted molar refractivity (Wildman–Crippen MR) is 91.0 cm³/mol. The molecule has 6 heteroatoms.